The lowest BCUT2D eigenvalue weighted by atomic mass is 9.94. The molecule has 156 valence electrons. The van der Waals surface area contributed by atoms with Crippen LogP contribution in [0.3, 0.4) is 0 Å². The van der Waals surface area contributed by atoms with Gasteiger partial charge >= 0.3 is 0 Å². The predicted molar refractivity (Wildman–Crippen MR) is 110 cm³/mol. The van der Waals surface area contributed by atoms with E-state index in [0.717, 1.165) is 6.07 Å². The molecule has 4 rings (SSSR count). The maximum absolute atomic E-state index is 14.7. The minimum atomic E-state index is -1.18. The molecule has 1 fully saturated rings. The summed E-state index contributed by atoms with van der Waals surface area (Å²) in [6.45, 7) is 1.54. The van der Waals surface area contributed by atoms with E-state index in [1.807, 2.05) is 0 Å². The number of hydrogen-bond donors (Lipinski definition) is 1. The summed E-state index contributed by atoms with van der Waals surface area (Å²) in [5.74, 6) is -3.61. The van der Waals surface area contributed by atoms with Gasteiger partial charge in [0.2, 0.25) is 0 Å². The summed E-state index contributed by atoms with van der Waals surface area (Å²) in [7, 11) is 0. The van der Waals surface area contributed by atoms with Crippen LogP contribution in [0.5, 0.6) is 0 Å². The third-order valence-corrected chi connectivity index (χ3v) is 5.26. The van der Waals surface area contributed by atoms with Crippen LogP contribution < -0.4 is 0 Å². The third-order valence-electron chi connectivity index (χ3n) is 5.26. The Bertz CT molecular complexity index is 1210. The first-order valence-electron chi connectivity index (χ1n) is 9.56. The predicted octanol–water partition coefficient (Wildman–Crippen LogP) is 4.29. The minimum absolute atomic E-state index is 0.0174. The monoisotopic (exact) mass is 420 g/mol. The summed E-state index contributed by atoms with van der Waals surface area (Å²) in [5.41, 5.74) is 0.789. The first-order valence-corrected chi connectivity index (χ1v) is 9.56. The molecule has 0 saturated carbocycles. The lowest BCUT2D eigenvalue weighted by Crippen LogP contribution is -2.29. The molecule has 2 aromatic carbocycles. The Morgan fingerprint density at radius 3 is 2.52 bits per heavy atom. The van der Waals surface area contributed by atoms with Crippen LogP contribution in [0.25, 0.3) is 5.76 Å². The summed E-state index contributed by atoms with van der Waals surface area (Å²) >= 11 is 0. The van der Waals surface area contributed by atoms with E-state index in [1.165, 1.54) is 41.4 Å². The maximum Gasteiger partial charge on any atom is 0.295 e. The molecule has 1 aliphatic rings. The number of carbonyl (C=O) groups excluding carboxylic acids is 2. The molecule has 2 heterocycles. The summed E-state index contributed by atoms with van der Waals surface area (Å²) in [6, 6.07) is 11.9. The van der Waals surface area contributed by atoms with E-state index in [2.05, 4.69) is 4.98 Å². The number of aryl methyl sites for hydroxylation is 1. The van der Waals surface area contributed by atoms with Gasteiger partial charge < -0.3 is 10.0 Å². The lowest BCUT2D eigenvalue weighted by Gasteiger charge is -2.25. The van der Waals surface area contributed by atoms with Crippen LogP contribution in [0.4, 0.5) is 8.78 Å². The quantitative estimate of drug-likeness (QED) is 0.388. The van der Waals surface area contributed by atoms with Crippen molar-refractivity contribution in [3.05, 3.63) is 106 Å². The van der Waals surface area contributed by atoms with Crippen molar-refractivity contribution in [1.29, 1.82) is 0 Å². The number of amides is 1. The Labute approximate surface area is 177 Å². The van der Waals surface area contributed by atoms with Crippen molar-refractivity contribution in [2.45, 2.75) is 19.5 Å². The van der Waals surface area contributed by atoms with Crippen molar-refractivity contribution >= 4 is 17.4 Å². The standard InChI is InChI=1S/C24H18F2N2O3/c1-14-8-9-16(11-19(14)26)22(29)20-21(17-6-2-3-7-18(17)25)28(24(31)23(20)30)13-15-5-4-10-27-12-15/h2-12,21,29H,13H2,1H3/b22-20+. The van der Waals surface area contributed by atoms with Gasteiger partial charge in [0, 0.05) is 30.1 Å². The normalized spacial score (nSPS) is 17.9. The number of carbonyl (C=O) groups is 2. The van der Waals surface area contributed by atoms with Crippen molar-refractivity contribution in [3.8, 4) is 0 Å². The highest BCUT2D eigenvalue weighted by atomic mass is 19.1. The number of rotatable bonds is 4. The number of benzene rings is 2. The van der Waals surface area contributed by atoms with E-state index in [4.69, 9.17) is 0 Å². The van der Waals surface area contributed by atoms with Crippen molar-refractivity contribution < 1.29 is 23.5 Å². The van der Waals surface area contributed by atoms with Crippen molar-refractivity contribution in [1.82, 2.24) is 9.88 Å². The summed E-state index contributed by atoms with van der Waals surface area (Å²) < 4.78 is 28.8. The van der Waals surface area contributed by atoms with Gasteiger partial charge in [-0.15, -0.1) is 0 Å². The number of hydrogen-bond acceptors (Lipinski definition) is 4. The SMILES string of the molecule is Cc1ccc(/C(O)=C2\C(=O)C(=O)N(Cc3cccnc3)C2c2ccccc2F)cc1F. The summed E-state index contributed by atoms with van der Waals surface area (Å²) in [6.07, 6.45) is 3.10. The van der Waals surface area contributed by atoms with Gasteiger partial charge in [0.25, 0.3) is 11.7 Å². The average molecular weight is 420 g/mol. The fraction of sp³-hybridized carbons (Fsp3) is 0.125. The van der Waals surface area contributed by atoms with Gasteiger partial charge in [-0.05, 0) is 36.2 Å². The van der Waals surface area contributed by atoms with E-state index >= 15 is 0 Å². The second-order valence-electron chi connectivity index (χ2n) is 7.27. The molecule has 1 unspecified atom stereocenters. The Morgan fingerprint density at radius 1 is 1.06 bits per heavy atom. The molecular formula is C24H18F2N2O3. The van der Waals surface area contributed by atoms with Crippen LogP contribution in [0, 0.1) is 18.6 Å². The highest BCUT2D eigenvalue weighted by molar-refractivity contribution is 6.46. The average Bonchev–Trinajstić information content (AvgIpc) is 3.01. The van der Waals surface area contributed by atoms with Gasteiger partial charge in [0.1, 0.15) is 17.4 Å². The molecule has 1 aromatic heterocycles. The molecule has 0 aliphatic carbocycles. The van der Waals surface area contributed by atoms with E-state index in [1.54, 1.807) is 31.3 Å². The molecule has 0 radical (unpaired) electrons. The van der Waals surface area contributed by atoms with Gasteiger partial charge in [-0.3, -0.25) is 14.6 Å². The highest BCUT2D eigenvalue weighted by Crippen LogP contribution is 2.41. The fourth-order valence-electron chi connectivity index (χ4n) is 3.65. The molecular weight excluding hydrogens is 402 g/mol. The van der Waals surface area contributed by atoms with E-state index in [-0.39, 0.29) is 23.2 Å². The van der Waals surface area contributed by atoms with Crippen molar-refractivity contribution in [3.63, 3.8) is 0 Å². The van der Waals surface area contributed by atoms with E-state index < -0.39 is 35.1 Å². The van der Waals surface area contributed by atoms with Gasteiger partial charge in [-0.25, -0.2) is 8.78 Å². The van der Waals surface area contributed by atoms with Crippen LogP contribution in [-0.4, -0.2) is 26.7 Å². The number of Topliss-reactive ketones (excluding diaryl/α,β-unsaturated/α-hetero) is 1. The number of aliphatic hydroxyl groups is 1. The maximum atomic E-state index is 14.7. The molecule has 3 aromatic rings. The number of aromatic nitrogens is 1. The first kappa shape index (κ1) is 20.4. The van der Waals surface area contributed by atoms with E-state index in [9.17, 15) is 23.5 Å². The van der Waals surface area contributed by atoms with Crippen molar-refractivity contribution in [2.24, 2.45) is 0 Å². The fourth-order valence-corrected chi connectivity index (χ4v) is 3.65. The molecule has 0 bridgehead atoms. The number of halogens is 2. The highest BCUT2D eigenvalue weighted by Gasteiger charge is 2.47. The molecule has 5 nitrogen and oxygen atoms in total. The van der Waals surface area contributed by atoms with Crippen LogP contribution in [-0.2, 0) is 16.1 Å². The smallest absolute Gasteiger partial charge is 0.295 e. The molecule has 31 heavy (non-hydrogen) atoms. The molecule has 1 N–H and O–H groups in total. The second kappa shape index (κ2) is 8.10. The van der Waals surface area contributed by atoms with Gasteiger partial charge in [-0.1, -0.05) is 36.4 Å². The van der Waals surface area contributed by atoms with Crippen LogP contribution in [0.2, 0.25) is 0 Å². The second-order valence-corrected chi connectivity index (χ2v) is 7.27. The molecule has 1 atom stereocenters. The number of likely N-dealkylation sites (tertiary alicyclic amines) is 1. The van der Waals surface area contributed by atoms with Gasteiger partial charge in [0.05, 0.1) is 11.6 Å². The topological polar surface area (TPSA) is 70.5 Å². The largest absolute Gasteiger partial charge is 0.507 e. The van der Waals surface area contributed by atoms with Crippen LogP contribution >= 0.6 is 0 Å². The number of nitrogens with zero attached hydrogens (tertiary/aromatic N) is 2. The zero-order valence-electron chi connectivity index (χ0n) is 16.5. The van der Waals surface area contributed by atoms with Gasteiger partial charge in [0.15, 0.2) is 0 Å². The first-order chi connectivity index (χ1) is 14.9. The Hall–Kier alpha value is -3.87. The minimum Gasteiger partial charge on any atom is -0.507 e. The van der Waals surface area contributed by atoms with Gasteiger partial charge in [-0.2, -0.15) is 0 Å². The van der Waals surface area contributed by atoms with Crippen LogP contribution in [0.15, 0.2) is 72.6 Å². The molecule has 0 spiro atoms. The molecule has 1 saturated heterocycles. The molecule has 7 heteroatoms. The summed E-state index contributed by atoms with van der Waals surface area (Å²) in [5, 5.41) is 10.9. The Morgan fingerprint density at radius 2 is 1.84 bits per heavy atom. The van der Waals surface area contributed by atoms with Crippen LogP contribution in [0.1, 0.15) is 28.3 Å². The Balaban J connectivity index is 1.90. The van der Waals surface area contributed by atoms with Crippen molar-refractivity contribution in [2.75, 3.05) is 0 Å². The third kappa shape index (κ3) is 3.70. The zero-order chi connectivity index (χ0) is 22.1. The molecule has 1 aliphatic heterocycles. The zero-order valence-corrected chi connectivity index (χ0v) is 16.5. The summed E-state index contributed by atoms with van der Waals surface area (Å²) in [4.78, 5) is 31.0. The number of ketones is 1. The molecule has 1 amide bonds. The number of aliphatic hydroxyl groups excluding tert-OH is 1. The lowest BCUT2D eigenvalue weighted by molar-refractivity contribution is -0.140. The van der Waals surface area contributed by atoms with E-state index in [0.29, 0.717) is 11.1 Å². The number of pyridine rings is 1. The Kier molecular flexibility index (Phi) is 5.33.